The molecular formula is C69H51N7. The highest BCUT2D eigenvalue weighted by atomic mass is 15.1. The Morgan fingerprint density at radius 2 is 0.539 bits per heavy atom. The van der Waals surface area contributed by atoms with Crippen LogP contribution in [0.2, 0.25) is 0 Å². The van der Waals surface area contributed by atoms with Crippen LogP contribution in [0.25, 0.3) is 115 Å². The topological polar surface area (TPSA) is 96.1 Å². The number of hydrogen-bond donors (Lipinski definition) is 3. The van der Waals surface area contributed by atoms with E-state index in [-0.39, 0.29) is 0 Å². The molecule has 6 N–H and O–H groups in total. The molecule has 0 aliphatic carbocycles. The number of fused-ring (bicyclic) bond motifs is 12. The van der Waals surface area contributed by atoms with E-state index in [1.165, 1.54) is 81.3 Å². The molecule has 12 aromatic carbocycles. The van der Waals surface area contributed by atoms with Crippen LogP contribution in [-0.2, 0) is 0 Å². The van der Waals surface area contributed by atoms with Gasteiger partial charge in [0, 0.05) is 83.5 Å². The first-order chi connectivity index (χ1) is 37.2. The van der Waals surface area contributed by atoms with Crippen LogP contribution in [0.3, 0.4) is 0 Å². The highest BCUT2D eigenvalue weighted by Gasteiger charge is 2.25. The third-order valence-corrected chi connectivity index (χ3v) is 16.3. The van der Waals surface area contributed by atoms with E-state index in [0.717, 1.165) is 84.3 Å². The van der Waals surface area contributed by atoms with Crippen LogP contribution in [0, 0.1) is 20.8 Å². The number of hydrogen-bond acceptors (Lipinski definition) is 4. The first-order valence-corrected chi connectivity index (χ1v) is 25.9. The highest BCUT2D eigenvalue weighted by Crippen LogP contribution is 2.48. The number of rotatable bonds is 6. The van der Waals surface area contributed by atoms with E-state index < -0.39 is 0 Å². The van der Waals surface area contributed by atoms with Crippen molar-refractivity contribution in [2.24, 2.45) is 0 Å². The Kier molecular flexibility index (Phi) is 9.33. The van der Waals surface area contributed by atoms with Gasteiger partial charge in [-0.05, 0) is 197 Å². The van der Waals surface area contributed by atoms with Gasteiger partial charge in [-0.3, -0.25) is 0 Å². The van der Waals surface area contributed by atoms with Gasteiger partial charge >= 0.3 is 0 Å². The molecule has 0 aliphatic heterocycles. The SMILES string of the molecule is Cc1c(N(c2ccc3cc4c5ccc(N)cc5n(-c5ccccc5)c4cc3c2C)c2ccc3cc4c5ccc(N)cc5n(-c5ccccc5)c4cc3c2C)ccc2cc3c4ccc(N)cc4n(-c4ccccc4)c3cc12. The summed E-state index contributed by atoms with van der Waals surface area (Å²) in [5.74, 6) is 0. The normalized spacial score (nSPS) is 12.0. The molecule has 0 saturated heterocycles. The minimum atomic E-state index is 0.738. The Balaban J connectivity index is 1.01. The zero-order valence-corrected chi connectivity index (χ0v) is 42.3. The lowest BCUT2D eigenvalue weighted by atomic mass is 9.95. The fourth-order valence-corrected chi connectivity index (χ4v) is 12.7. The Labute approximate surface area is 438 Å². The molecule has 0 radical (unpaired) electrons. The summed E-state index contributed by atoms with van der Waals surface area (Å²) in [6.45, 7) is 6.87. The van der Waals surface area contributed by atoms with Crippen molar-refractivity contribution in [3.8, 4) is 17.1 Å². The molecule has 0 spiro atoms. The molecule has 3 aromatic heterocycles. The Morgan fingerprint density at radius 1 is 0.263 bits per heavy atom. The van der Waals surface area contributed by atoms with Gasteiger partial charge in [-0.25, -0.2) is 0 Å². The maximum atomic E-state index is 6.51. The summed E-state index contributed by atoms with van der Waals surface area (Å²) >= 11 is 0. The average molecular weight is 978 g/mol. The lowest BCUT2D eigenvalue weighted by Crippen LogP contribution is -2.14. The van der Waals surface area contributed by atoms with Gasteiger partial charge in [-0.1, -0.05) is 91.0 Å². The molecule has 3 heterocycles. The van der Waals surface area contributed by atoms with Crippen molar-refractivity contribution in [1.82, 2.24) is 13.7 Å². The van der Waals surface area contributed by atoms with Gasteiger partial charge in [0.1, 0.15) is 0 Å². The second-order valence-corrected chi connectivity index (χ2v) is 20.6. The molecule has 0 fully saturated rings. The number of benzene rings is 12. The fourth-order valence-electron chi connectivity index (χ4n) is 12.7. The summed E-state index contributed by atoms with van der Waals surface area (Å²) in [4.78, 5) is 2.52. The molecule has 362 valence electrons. The molecule has 0 bridgehead atoms. The van der Waals surface area contributed by atoms with Crippen molar-refractivity contribution < 1.29 is 0 Å². The minimum absolute atomic E-state index is 0.738. The third-order valence-electron chi connectivity index (χ3n) is 16.3. The van der Waals surface area contributed by atoms with E-state index >= 15 is 0 Å². The summed E-state index contributed by atoms with van der Waals surface area (Å²) < 4.78 is 7.08. The lowest BCUT2D eigenvalue weighted by Gasteiger charge is -2.31. The number of aryl methyl sites for hydroxylation is 3. The molecular weight excluding hydrogens is 927 g/mol. The van der Waals surface area contributed by atoms with Crippen molar-refractivity contribution in [3.05, 3.63) is 235 Å². The number of nitrogens with two attached hydrogens (primary N) is 3. The number of nitrogen functional groups attached to an aromatic ring is 3. The molecule has 7 heteroatoms. The van der Waals surface area contributed by atoms with Gasteiger partial charge in [-0.2, -0.15) is 0 Å². The average Bonchev–Trinajstić information content (AvgIpc) is 4.18. The standard InChI is InChI=1S/C69H51N7/c1-40-55-37-67-58(52-25-22-46(70)34-64(52)73(67)49-13-7-4-8-14-49)31-43(55)19-28-61(40)76(62-29-20-44-32-59-53-26-23-47(71)35-65(53)74(50-15-9-5-10-16-50)68(59)38-56(44)41(62)2)63-30-21-45-33-60-54-27-24-48(72)36-66(54)75(51-17-11-6-12-18-51)69(60)39-57(45)42(63)3/h4-39H,70-72H2,1-3H3. The number of nitrogens with zero attached hydrogens (tertiary/aromatic N) is 4. The van der Waals surface area contributed by atoms with Crippen LogP contribution < -0.4 is 22.1 Å². The smallest absolute Gasteiger partial charge is 0.0561 e. The molecule has 7 nitrogen and oxygen atoms in total. The van der Waals surface area contributed by atoms with Crippen molar-refractivity contribution in [2.75, 3.05) is 22.1 Å². The summed E-state index contributed by atoms with van der Waals surface area (Å²) in [6, 6.07) is 78.8. The second-order valence-electron chi connectivity index (χ2n) is 20.6. The Hall–Kier alpha value is -9.98. The lowest BCUT2D eigenvalue weighted by molar-refractivity contribution is 1.18. The van der Waals surface area contributed by atoms with Gasteiger partial charge in [0.25, 0.3) is 0 Å². The van der Waals surface area contributed by atoms with Crippen molar-refractivity contribution >= 4 is 132 Å². The first-order valence-electron chi connectivity index (χ1n) is 25.9. The van der Waals surface area contributed by atoms with E-state index in [4.69, 9.17) is 17.2 Å². The first kappa shape index (κ1) is 43.6. The second kappa shape index (κ2) is 16.3. The van der Waals surface area contributed by atoms with E-state index in [1.54, 1.807) is 0 Å². The number of para-hydroxylation sites is 3. The monoisotopic (exact) mass is 977 g/mol. The molecule has 0 saturated carbocycles. The molecule has 0 amide bonds. The fraction of sp³-hybridized carbons (Fsp3) is 0.0435. The van der Waals surface area contributed by atoms with Crippen LogP contribution in [0.4, 0.5) is 34.1 Å². The van der Waals surface area contributed by atoms with E-state index in [9.17, 15) is 0 Å². The van der Waals surface area contributed by atoms with Crippen LogP contribution in [-0.4, -0.2) is 13.7 Å². The number of aromatic nitrogens is 3. The van der Waals surface area contributed by atoms with Crippen LogP contribution >= 0.6 is 0 Å². The van der Waals surface area contributed by atoms with Gasteiger partial charge in [-0.15, -0.1) is 0 Å². The zero-order chi connectivity index (χ0) is 51.1. The van der Waals surface area contributed by atoms with Gasteiger partial charge < -0.3 is 35.8 Å². The van der Waals surface area contributed by atoms with Crippen molar-refractivity contribution in [3.63, 3.8) is 0 Å². The molecule has 0 atom stereocenters. The Bertz CT molecular complexity index is 4430. The minimum Gasteiger partial charge on any atom is -0.399 e. The largest absolute Gasteiger partial charge is 0.399 e. The van der Waals surface area contributed by atoms with Crippen molar-refractivity contribution in [2.45, 2.75) is 20.8 Å². The Morgan fingerprint density at radius 3 is 0.829 bits per heavy atom. The van der Waals surface area contributed by atoms with Crippen LogP contribution in [0.1, 0.15) is 16.7 Å². The van der Waals surface area contributed by atoms with Crippen molar-refractivity contribution in [1.29, 1.82) is 0 Å². The maximum Gasteiger partial charge on any atom is 0.0561 e. The molecule has 76 heavy (non-hydrogen) atoms. The number of anilines is 6. The third kappa shape index (κ3) is 6.36. The molecule has 0 aliphatic rings. The zero-order valence-electron chi connectivity index (χ0n) is 42.3. The quantitative estimate of drug-likeness (QED) is 0.145. The molecule has 0 unspecified atom stereocenters. The van der Waals surface area contributed by atoms with Crippen LogP contribution in [0.5, 0.6) is 0 Å². The summed E-state index contributed by atoms with van der Waals surface area (Å²) in [6.07, 6.45) is 0. The van der Waals surface area contributed by atoms with Crippen LogP contribution in [0.15, 0.2) is 218 Å². The molecule has 15 rings (SSSR count). The van der Waals surface area contributed by atoms with E-state index in [0.29, 0.717) is 0 Å². The van der Waals surface area contributed by atoms with Gasteiger partial charge in [0.15, 0.2) is 0 Å². The van der Waals surface area contributed by atoms with Gasteiger partial charge in [0.05, 0.1) is 33.1 Å². The van der Waals surface area contributed by atoms with Gasteiger partial charge in [0.2, 0.25) is 0 Å². The maximum absolute atomic E-state index is 6.51. The predicted molar refractivity (Wildman–Crippen MR) is 324 cm³/mol. The predicted octanol–water partition coefficient (Wildman–Crippen LogP) is 17.6. The van der Waals surface area contributed by atoms with E-state index in [1.807, 2.05) is 18.2 Å². The molecule has 15 aromatic rings. The summed E-state index contributed by atoms with van der Waals surface area (Å²) in [5.41, 5.74) is 38.5. The van der Waals surface area contributed by atoms with E-state index in [2.05, 4.69) is 240 Å². The summed E-state index contributed by atoms with van der Waals surface area (Å²) in [7, 11) is 0. The highest BCUT2D eigenvalue weighted by molar-refractivity contribution is 6.18. The summed E-state index contributed by atoms with van der Waals surface area (Å²) in [5, 5.41) is 14.2.